The van der Waals surface area contributed by atoms with E-state index in [-0.39, 0.29) is 5.91 Å². The minimum absolute atomic E-state index is 0.0892. The first-order chi connectivity index (χ1) is 9.21. The Balaban J connectivity index is 2.50. The molecule has 0 aliphatic rings. The molecule has 0 heterocycles. The topological polar surface area (TPSA) is 47.6 Å². The van der Waals surface area contributed by atoms with Gasteiger partial charge in [0.25, 0.3) is 0 Å². The Morgan fingerprint density at radius 3 is 2.63 bits per heavy atom. The van der Waals surface area contributed by atoms with Crippen LogP contribution in [0.2, 0.25) is 0 Å². The lowest BCUT2D eigenvalue weighted by atomic mass is 10.1. The maximum absolute atomic E-state index is 11.6. The minimum Gasteiger partial charge on any atom is -0.497 e. The first-order valence-corrected chi connectivity index (χ1v) is 6.68. The predicted octanol–water partition coefficient (Wildman–Crippen LogP) is 2.90. The van der Waals surface area contributed by atoms with Crippen molar-refractivity contribution in [2.24, 2.45) is 0 Å². The largest absolute Gasteiger partial charge is 0.497 e. The molecule has 1 N–H and O–H groups in total. The summed E-state index contributed by atoms with van der Waals surface area (Å²) in [6, 6.07) is 5.59. The van der Waals surface area contributed by atoms with Crippen LogP contribution in [0.15, 0.2) is 18.2 Å². The third-order valence-corrected chi connectivity index (χ3v) is 2.98. The highest BCUT2D eigenvalue weighted by Gasteiger charge is 2.07. The average Bonchev–Trinajstić information content (AvgIpc) is 2.45. The molecule has 19 heavy (non-hydrogen) atoms. The van der Waals surface area contributed by atoms with Crippen LogP contribution in [-0.2, 0) is 11.3 Å². The van der Waals surface area contributed by atoms with Gasteiger partial charge >= 0.3 is 0 Å². The average molecular weight is 265 g/mol. The molecule has 0 unspecified atom stereocenters. The maximum Gasteiger partial charge on any atom is 0.220 e. The fourth-order valence-corrected chi connectivity index (χ4v) is 1.82. The molecule has 0 aliphatic heterocycles. The molecule has 0 aromatic heterocycles. The Labute approximate surface area is 115 Å². The molecule has 4 heteroatoms. The Morgan fingerprint density at radius 2 is 2.00 bits per heavy atom. The molecule has 0 saturated carbocycles. The standard InChI is InChI=1S/C15H23NO3/c1-4-5-6-7-15(17)16-11-12-8-9-13(18-2)10-14(12)19-3/h8-10H,4-7,11H2,1-3H3,(H,16,17). The van der Waals surface area contributed by atoms with Crippen LogP contribution in [0.25, 0.3) is 0 Å². The number of hydrogen-bond donors (Lipinski definition) is 1. The smallest absolute Gasteiger partial charge is 0.220 e. The van der Waals surface area contributed by atoms with Crippen molar-refractivity contribution in [2.45, 2.75) is 39.2 Å². The SMILES string of the molecule is CCCCCC(=O)NCc1ccc(OC)cc1OC. The Bertz CT molecular complexity index is 404. The number of unbranched alkanes of at least 4 members (excludes halogenated alkanes) is 2. The van der Waals surface area contributed by atoms with Crippen molar-refractivity contribution in [1.29, 1.82) is 0 Å². The van der Waals surface area contributed by atoms with Gasteiger partial charge in [0, 0.05) is 24.6 Å². The van der Waals surface area contributed by atoms with E-state index in [1.54, 1.807) is 14.2 Å². The van der Waals surface area contributed by atoms with Gasteiger partial charge in [-0.3, -0.25) is 4.79 Å². The van der Waals surface area contributed by atoms with E-state index >= 15 is 0 Å². The third kappa shape index (κ3) is 5.20. The lowest BCUT2D eigenvalue weighted by molar-refractivity contribution is -0.121. The first kappa shape index (κ1) is 15.3. The highest BCUT2D eigenvalue weighted by molar-refractivity contribution is 5.75. The van der Waals surface area contributed by atoms with E-state index in [1.165, 1.54) is 0 Å². The van der Waals surface area contributed by atoms with Crippen LogP contribution in [0, 0.1) is 0 Å². The van der Waals surface area contributed by atoms with Crippen LogP contribution in [0.5, 0.6) is 11.5 Å². The molecule has 1 rings (SSSR count). The van der Waals surface area contributed by atoms with Crippen molar-refractivity contribution in [3.63, 3.8) is 0 Å². The number of nitrogens with one attached hydrogen (secondary N) is 1. The summed E-state index contributed by atoms with van der Waals surface area (Å²) in [4.78, 5) is 11.6. The van der Waals surface area contributed by atoms with Crippen molar-refractivity contribution in [3.05, 3.63) is 23.8 Å². The molecule has 106 valence electrons. The highest BCUT2D eigenvalue weighted by Crippen LogP contribution is 2.24. The Hall–Kier alpha value is -1.71. The fourth-order valence-electron chi connectivity index (χ4n) is 1.82. The molecule has 0 saturated heterocycles. The van der Waals surface area contributed by atoms with Crippen LogP contribution in [-0.4, -0.2) is 20.1 Å². The van der Waals surface area contributed by atoms with Crippen molar-refractivity contribution in [1.82, 2.24) is 5.32 Å². The van der Waals surface area contributed by atoms with Gasteiger partial charge in [0.15, 0.2) is 0 Å². The number of hydrogen-bond acceptors (Lipinski definition) is 3. The van der Waals surface area contributed by atoms with Gasteiger partial charge in [0.2, 0.25) is 5.91 Å². The molecule has 0 atom stereocenters. The van der Waals surface area contributed by atoms with E-state index in [9.17, 15) is 4.79 Å². The normalized spacial score (nSPS) is 10.1. The van der Waals surface area contributed by atoms with Crippen LogP contribution < -0.4 is 14.8 Å². The van der Waals surface area contributed by atoms with E-state index in [1.807, 2.05) is 18.2 Å². The van der Waals surface area contributed by atoms with Gasteiger partial charge in [-0.25, -0.2) is 0 Å². The number of carbonyl (C=O) groups is 1. The van der Waals surface area contributed by atoms with Crippen LogP contribution in [0.4, 0.5) is 0 Å². The zero-order valence-corrected chi connectivity index (χ0v) is 12.0. The molecule has 0 aliphatic carbocycles. The van der Waals surface area contributed by atoms with Gasteiger partial charge in [-0.15, -0.1) is 0 Å². The molecule has 0 radical (unpaired) electrons. The predicted molar refractivity (Wildman–Crippen MR) is 75.5 cm³/mol. The summed E-state index contributed by atoms with van der Waals surface area (Å²) in [5.41, 5.74) is 0.951. The molecule has 1 aromatic rings. The number of carbonyl (C=O) groups excluding carboxylic acids is 1. The van der Waals surface area contributed by atoms with E-state index in [0.29, 0.717) is 13.0 Å². The van der Waals surface area contributed by atoms with E-state index in [4.69, 9.17) is 9.47 Å². The zero-order chi connectivity index (χ0) is 14.1. The minimum atomic E-state index is 0.0892. The molecular formula is C15H23NO3. The number of methoxy groups -OCH3 is 2. The van der Waals surface area contributed by atoms with Gasteiger partial charge in [0.1, 0.15) is 11.5 Å². The van der Waals surface area contributed by atoms with Crippen LogP contribution in [0.3, 0.4) is 0 Å². The van der Waals surface area contributed by atoms with Gasteiger partial charge in [0.05, 0.1) is 14.2 Å². The second-order valence-corrected chi connectivity index (χ2v) is 4.41. The van der Waals surface area contributed by atoms with E-state index in [2.05, 4.69) is 12.2 Å². The molecule has 4 nitrogen and oxygen atoms in total. The number of benzene rings is 1. The van der Waals surface area contributed by atoms with Crippen LogP contribution in [0.1, 0.15) is 38.2 Å². The number of amides is 1. The zero-order valence-electron chi connectivity index (χ0n) is 12.0. The van der Waals surface area contributed by atoms with Crippen molar-refractivity contribution >= 4 is 5.91 Å². The number of rotatable bonds is 8. The van der Waals surface area contributed by atoms with Crippen LogP contribution >= 0.6 is 0 Å². The Kier molecular flexibility index (Phi) is 6.79. The van der Waals surface area contributed by atoms with Gasteiger partial charge in [-0.1, -0.05) is 19.8 Å². The molecule has 0 spiro atoms. The summed E-state index contributed by atoms with van der Waals surface area (Å²) >= 11 is 0. The van der Waals surface area contributed by atoms with Crippen molar-refractivity contribution in [2.75, 3.05) is 14.2 Å². The maximum atomic E-state index is 11.6. The molecular weight excluding hydrogens is 242 g/mol. The molecule has 0 fully saturated rings. The third-order valence-electron chi connectivity index (χ3n) is 2.98. The summed E-state index contributed by atoms with van der Waals surface area (Å²) in [5, 5.41) is 2.91. The Morgan fingerprint density at radius 1 is 1.21 bits per heavy atom. The lowest BCUT2D eigenvalue weighted by Gasteiger charge is -2.11. The lowest BCUT2D eigenvalue weighted by Crippen LogP contribution is -2.22. The highest BCUT2D eigenvalue weighted by atomic mass is 16.5. The summed E-state index contributed by atoms with van der Waals surface area (Å²) in [6.07, 6.45) is 3.76. The van der Waals surface area contributed by atoms with Gasteiger partial charge in [-0.05, 0) is 18.6 Å². The second-order valence-electron chi connectivity index (χ2n) is 4.41. The molecule has 1 aromatic carbocycles. The summed E-state index contributed by atoms with van der Waals surface area (Å²) in [5.74, 6) is 1.56. The summed E-state index contributed by atoms with van der Waals surface area (Å²) in [7, 11) is 3.23. The second kappa shape index (κ2) is 8.40. The van der Waals surface area contributed by atoms with Gasteiger partial charge in [-0.2, -0.15) is 0 Å². The van der Waals surface area contributed by atoms with Crippen molar-refractivity contribution < 1.29 is 14.3 Å². The summed E-state index contributed by atoms with van der Waals surface area (Å²) < 4.78 is 10.4. The number of ether oxygens (including phenoxy) is 2. The summed E-state index contributed by atoms with van der Waals surface area (Å²) in [6.45, 7) is 2.61. The molecule has 0 bridgehead atoms. The first-order valence-electron chi connectivity index (χ1n) is 6.68. The van der Waals surface area contributed by atoms with Crippen molar-refractivity contribution in [3.8, 4) is 11.5 Å². The molecule has 1 amide bonds. The quantitative estimate of drug-likeness (QED) is 0.735. The van der Waals surface area contributed by atoms with E-state index < -0.39 is 0 Å². The van der Waals surface area contributed by atoms with E-state index in [0.717, 1.165) is 36.3 Å². The monoisotopic (exact) mass is 265 g/mol. The fraction of sp³-hybridized carbons (Fsp3) is 0.533. The van der Waals surface area contributed by atoms with Gasteiger partial charge < -0.3 is 14.8 Å².